The molecule has 2 amide bonds. The van der Waals surface area contributed by atoms with Gasteiger partial charge in [0.15, 0.2) is 5.69 Å². The van der Waals surface area contributed by atoms with Gasteiger partial charge in [-0.1, -0.05) is 6.07 Å². The van der Waals surface area contributed by atoms with Crippen molar-refractivity contribution in [2.75, 3.05) is 5.32 Å². The van der Waals surface area contributed by atoms with E-state index in [1.807, 2.05) is 6.07 Å². The highest BCUT2D eigenvalue weighted by molar-refractivity contribution is 7.89. The highest BCUT2D eigenvalue weighted by Crippen LogP contribution is 2.38. The lowest BCUT2D eigenvalue weighted by molar-refractivity contribution is -0.117. The summed E-state index contributed by atoms with van der Waals surface area (Å²) in [6.07, 6.45) is 1.22. The zero-order valence-electron chi connectivity index (χ0n) is 17.6. The van der Waals surface area contributed by atoms with Crippen LogP contribution in [0.5, 0.6) is 0 Å². The molecule has 7 N–H and O–H groups in total. The van der Waals surface area contributed by atoms with Gasteiger partial charge in [0.05, 0.1) is 22.3 Å². The largest absolute Gasteiger partial charge is 0.364 e. The van der Waals surface area contributed by atoms with Crippen molar-refractivity contribution in [3.63, 3.8) is 0 Å². The molecule has 1 aliphatic rings. The molecule has 1 aliphatic carbocycles. The Balaban J connectivity index is 0.00000306. The summed E-state index contributed by atoms with van der Waals surface area (Å²) in [4.78, 5) is 24.1. The van der Waals surface area contributed by atoms with E-state index in [4.69, 9.17) is 16.6 Å². The van der Waals surface area contributed by atoms with Gasteiger partial charge < -0.3 is 16.8 Å². The average molecular weight is 491 g/mol. The van der Waals surface area contributed by atoms with Crippen LogP contribution in [0.1, 0.15) is 28.5 Å². The predicted molar refractivity (Wildman–Crippen MR) is 126 cm³/mol. The van der Waals surface area contributed by atoms with Gasteiger partial charge in [0.2, 0.25) is 15.9 Å². The number of amides is 2. The van der Waals surface area contributed by atoms with E-state index >= 15 is 0 Å². The molecule has 0 saturated heterocycles. The first-order chi connectivity index (χ1) is 15.1. The molecule has 0 saturated carbocycles. The van der Waals surface area contributed by atoms with Gasteiger partial charge in [-0.05, 0) is 61.7 Å². The highest BCUT2D eigenvalue weighted by atomic mass is 35.5. The number of nitrogens with zero attached hydrogens (tertiary/aromatic N) is 2. The molecule has 1 aromatic heterocycles. The number of aromatic nitrogens is 2. The Morgan fingerprint density at radius 3 is 2.36 bits per heavy atom. The number of halogens is 1. The summed E-state index contributed by atoms with van der Waals surface area (Å²) in [6, 6.07) is 10.7. The van der Waals surface area contributed by atoms with E-state index < -0.39 is 22.0 Å². The second kappa shape index (κ2) is 8.94. The van der Waals surface area contributed by atoms with E-state index in [2.05, 4.69) is 10.4 Å². The minimum absolute atomic E-state index is 0. The fourth-order valence-electron chi connectivity index (χ4n) is 3.73. The van der Waals surface area contributed by atoms with Gasteiger partial charge in [-0.2, -0.15) is 5.10 Å². The minimum Gasteiger partial charge on any atom is -0.364 e. The lowest BCUT2D eigenvalue weighted by atomic mass is 9.88. The van der Waals surface area contributed by atoms with Crippen molar-refractivity contribution in [3.05, 3.63) is 59.3 Å². The monoisotopic (exact) mass is 490 g/mol. The van der Waals surface area contributed by atoms with E-state index in [1.54, 1.807) is 35.9 Å². The zero-order valence-corrected chi connectivity index (χ0v) is 19.2. The number of primary amides is 1. The Kier molecular flexibility index (Phi) is 6.61. The lowest BCUT2D eigenvalue weighted by Gasteiger charge is -2.20. The van der Waals surface area contributed by atoms with Crippen molar-refractivity contribution in [3.8, 4) is 16.9 Å². The molecule has 4 rings (SSSR count). The number of sulfonamides is 1. The number of primary sulfonamides is 1. The number of nitrogens with one attached hydrogen (secondary N) is 1. The number of hydrogen-bond acceptors (Lipinski definition) is 6. The summed E-state index contributed by atoms with van der Waals surface area (Å²) >= 11 is 0. The van der Waals surface area contributed by atoms with Crippen LogP contribution in [0, 0.1) is 0 Å². The van der Waals surface area contributed by atoms with Crippen LogP contribution in [0.3, 0.4) is 0 Å². The standard InChI is InChI=1S/C21H22N6O4S.ClH/c1-11(22)21(29)25-13-4-2-12-3-9-16-18(20(23)28)26-27(19(16)17(12)10-13)14-5-7-15(8-6-14)32(24,30)31;/h2,4-8,10-11H,3,9,22H2,1H3,(H2,23,28)(H,25,29)(H2,24,30,31);1H/t11-;/m1./s1. The van der Waals surface area contributed by atoms with E-state index in [1.165, 1.54) is 12.1 Å². The third-order valence-corrected chi connectivity index (χ3v) is 6.25. The summed E-state index contributed by atoms with van der Waals surface area (Å²) < 4.78 is 24.7. The third-order valence-electron chi connectivity index (χ3n) is 5.32. The Bertz CT molecular complexity index is 1350. The Morgan fingerprint density at radius 2 is 1.79 bits per heavy atom. The fourth-order valence-corrected chi connectivity index (χ4v) is 4.25. The molecule has 0 fully saturated rings. The van der Waals surface area contributed by atoms with Gasteiger partial charge >= 0.3 is 0 Å². The lowest BCUT2D eigenvalue weighted by Crippen LogP contribution is -2.32. The number of carbonyl (C=O) groups is 2. The van der Waals surface area contributed by atoms with Crippen molar-refractivity contribution >= 4 is 39.9 Å². The molecule has 0 aliphatic heterocycles. The van der Waals surface area contributed by atoms with Crippen LogP contribution in [0.2, 0.25) is 0 Å². The van der Waals surface area contributed by atoms with Gasteiger partial charge in [-0.25, -0.2) is 18.2 Å². The molecule has 0 bridgehead atoms. The van der Waals surface area contributed by atoms with Crippen molar-refractivity contribution in [1.29, 1.82) is 0 Å². The van der Waals surface area contributed by atoms with Crippen LogP contribution in [0.15, 0.2) is 47.4 Å². The van der Waals surface area contributed by atoms with E-state index in [-0.39, 0.29) is 28.9 Å². The number of aryl methyl sites for hydroxylation is 1. The maximum atomic E-state index is 12.1. The molecule has 2 aromatic carbocycles. The summed E-state index contributed by atoms with van der Waals surface area (Å²) in [5, 5.41) is 12.4. The fraction of sp³-hybridized carbons (Fsp3) is 0.190. The first-order valence-corrected chi connectivity index (χ1v) is 11.4. The number of carbonyl (C=O) groups excluding carboxylic acids is 2. The Hall–Kier alpha value is -3.25. The van der Waals surface area contributed by atoms with Gasteiger partial charge in [0.25, 0.3) is 5.91 Å². The summed E-state index contributed by atoms with van der Waals surface area (Å²) in [6.45, 7) is 1.59. The van der Waals surface area contributed by atoms with Crippen molar-refractivity contribution in [2.24, 2.45) is 16.6 Å². The summed E-state index contributed by atoms with van der Waals surface area (Å²) in [7, 11) is -3.85. The molecule has 3 aromatic rings. The van der Waals surface area contributed by atoms with Gasteiger partial charge in [-0.15, -0.1) is 12.4 Å². The number of hydrogen-bond donors (Lipinski definition) is 4. The second-order valence-electron chi connectivity index (χ2n) is 7.64. The summed E-state index contributed by atoms with van der Waals surface area (Å²) in [5.74, 6) is -0.989. The number of fused-ring (bicyclic) bond motifs is 3. The zero-order chi connectivity index (χ0) is 23.2. The first kappa shape index (κ1) is 24.4. The SMILES string of the molecule is C[C@@H](N)C(=O)Nc1ccc2c(c1)-c1c(c(C(N)=O)nn1-c1ccc(S(N)(=O)=O)cc1)CC2.Cl. The molecule has 12 heteroatoms. The van der Waals surface area contributed by atoms with Crippen molar-refractivity contribution < 1.29 is 18.0 Å². The van der Waals surface area contributed by atoms with Crippen LogP contribution >= 0.6 is 12.4 Å². The summed E-state index contributed by atoms with van der Waals surface area (Å²) in [5.41, 5.74) is 15.6. The molecule has 0 radical (unpaired) electrons. The molecule has 10 nitrogen and oxygen atoms in total. The van der Waals surface area contributed by atoms with Gasteiger partial charge in [0, 0.05) is 16.8 Å². The molecular formula is C21H23ClN6O4S. The quantitative estimate of drug-likeness (QED) is 0.416. The van der Waals surface area contributed by atoms with Crippen molar-refractivity contribution in [1.82, 2.24) is 9.78 Å². The van der Waals surface area contributed by atoms with Crippen LogP contribution < -0.4 is 21.9 Å². The average Bonchev–Trinajstić information content (AvgIpc) is 3.13. The molecular weight excluding hydrogens is 468 g/mol. The number of nitrogens with two attached hydrogens (primary N) is 3. The van der Waals surface area contributed by atoms with Crippen LogP contribution in [-0.4, -0.2) is 36.1 Å². The maximum absolute atomic E-state index is 12.1. The molecule has 174 valence electrons. The molecule has 0 spiro atoms. The van der Waals surface area contributed by atoms with Gasteiger partial charge in [-0.3, -0.25) is 9.59 Å². The second-order valence-corrected chi connectivity index (χ2v) is 9.20. The topological polar surface area (TPSA) is 176 Å². The molecule has 0 unspecified atom stereocenters. The molecule has 1 atom stereocenters. The number of anilines is 1. The van der Waals surface area contributed by atoms with Crippen molar-refractivity contribution in [2.45, 2.75) is 30.7 Å². The molecule has 33 heavy (non-hydrogen) atoms. The van der Waals surface area contributed by atoms with E-state index in [0.29, 0.717) is 35.5 Å². The maximum Gasteiger partial charge on any atom is 0.269 e. The molecule has 1 heterocycles. The Morgan fingerprint density at radius 1 is 1.12 bits per heavy atom. The number of benzene rings is 2. The van der Waals surface area contributed by atoms with Crippen LogP contribution in [0.25, 0.3) is 16.9 Å². The van der Waals surface area contributed by atoms with E-state index in [9.17, 15) is 18.0 Å². The Labute approximate surface area is 196 Å². The highest BCUT2D eigenvalue weighted by Gasteiger charge is 2.28. The number of rotatable bonds is 5. The van der Waals surface area contributed by atoms with Gasteiger partial charge in [0.1, 0.15) is 0 Å². The van der Waals surface area contributed by atoms with Crippen LogP contribution in [0.4, 0.5) is 5.69 Å². The van der Waals surface area contributed by atoms with Crippen LogP contribution in [-0.2, 0) is 27.7 Å². The third kappa shape index (κ3) is 4.62. The minimum atomic E-state index is -3.85. The van der Waals surface area contributed by atoms with E-state index in [0.717, 1.165) is 11.1 Å². The smallest absolute Gasteiger partial charge is 0.269 e. The normalized spacial score (nSPS) is 13.3. The first-order valence-electron chi connectivity index (χ1n) is 9.81. The predicted octanol–water partition coefficient (Wildman–Crippen LogP) is 1.09.